The molecule has 0 amide bonds. The van der Waals surface area contributed by atoms with Gasteiger partial charge in [-0.05, 0) is 29.3 Å². The van der Waals surface area contributed by atoms with Gasteiger partial charge in [-0.1, -0.05) is 17.7 Å². The van der Waals surface area contributed by atoms with Crippen molar-refractivity contribution in [2.24, 2.45) is 0 Å². The Hall–Kier alpha value is -1.65. The Morgan fingerprint density at radius 3 is 2.76 bits per heavy atom. The molecule has 17 heavy (non-hydrogen) atoms. The summed E-state index contributed by atoms with van der Waals surface area (Å²) < 4.78 is 0. The largest absolute Gasteiger partial charge is 0.388 e. The van der Waals surface area contributed by atoms with E-state index in [2.05, 4.69) is 9.97 Å². The molecule has 0 aliphatic heterocycles. The lowest BCUT2D eigenvalue weighted by atomic mass is 10.0. The molecule has 5 heteroatoms. The fraction of sp³-hybridized carbons (Fsp3) is 0.167. The first-order valence-corrected chi connectivity index (χ1v) is 5.53. The lowest BCUT2D eigenvalue weighted by molar-refractivity contribution is 0.178. The van der Waals surface area contributed by atoms with E-state index in [0.29, 0.717) is 17.4 Å². The average Bonchev–Trinajstić information content (AvgIpc) is 2.29. The molecule has 0 fully saturated rings. The average molecular weight is 250 g/mol. The van der Waals surface area contributed by atoms with Gasteiger partial charge < -0.3 is 10.8 Å². The van der Waals surface area contributed by atoms with Gasteiger partial charge in [-0.3, -0.25) is 0 Å². The maximum atomic E-state index is 10.0. The van der Waals surface area contributed by atoms with Crippen LogP contribution in [0.1, 0.15) is 17.2 Å². The van der Waals surface area contributed by atoms with Crippen LogP contribution in [0.5, 0.6) is 0 Å². The van der Waals surface area contributed by atoms with E-state index in [9.17, 15) is 5.11 Å². The molecule has 0 saturated carbocycles. The van der Waals surface area contributed by atoms with Crippen molar-refractivity contribution in [3.8, 4) is 0 Å². The molecule has 88 valence electrons. The molecule has 0 radical (unpaired) electrons. The fourth-order valence-electron chi connectivity index (χ4n) is 1.55. The van der Waals surface area contributed by atoms with Crippen LogP contribution in [0.2, 0.25) is 5.15 Å². The zero-order chi connectivity index (χ0) is 12.3. The maximum absolute atomic E-state index is 10.0. The quantitative estimate of drug-likeness (QED) is 0.816. The Morgan fingerprint density at radius 1 is 1.29 bits per heavy atom. The Labute approximate surface area is 104 Å². The molecular weight excluding hydrogens is 238 g/mol. The first-order chi connectivity index (χ1) is 8.15. The van der Waals surface area contributed by atoms with E-state index in [-0.39, 0.29) is 0 Å². The number of hydrogen-bond donors (Lipinski definition) is 2. The number of aliphatic hydroxyl groups excluding tert-OH is 1. The Morgan fingerprint density at radius 2 is 2.12 bits per heavy atom. The molecule has 2 heterocycles. The third kappa shape index (κ3) is 3.15. The number of nitrogens with zero attached hydrogens (tertiary/aromatic N) is 2. The summed E-state index contributed by atoms with van der Waals surface area (Å²) in [6.07, 6.45) is 3.03. The van der Waals surface area contributed by atoms with Gasteiger partial charge in [0.2, 0.25) is 0 Å². The SMILES string of the molecule is Nc1cc(CC(O)c2ccc(Cl)nc2)ccn1. The third-order valence-corrected chi connectivity index (χ3v) is 2.63. The minimum Gasteiger partial charge on any atom is -0.388 e. The van der Waals surface area contributed by atoms with E-state index in [1.54, 1.807) is 30.6 Å². The predicted molar refractivity (Wildman–Crippen MR) is 66.6 cm³/mol. The molecule has 4 nitrogen and oxygen atoms in total. The number of halogens is 1. The van der Waals surface area contributed by atoms with Gasteiger partial charge in [-0.25, -0.2) is 9.97 Å². The highest BCUT2D eigenvalue weighted by Crippen LogP contribution is 2.19. The van der Waals surface area contributed by atoms with Crippen molar-refractivity contribution in [2.45, 2.75) is 12.5 Å². The van der Waals surface area contributed by atoms with Crippen LogP contribution < -0.4 is 5.73 Å². The highest BCUT2D eigenvalue weighted by atomic mass is 35.5. The first kappa shape index (κ1) is 11.8. The second kappa shape index (κ2) is 5.12. The van der Waals surface area contributed by atoms with Crippen LogP contribution in [0.4, 0.5) is 5.82 Å². The Bertz CT molecular complexity index is 501. The van der Waals surface area contributed by atoms with Crippen molar-refractivity contribution >= 4 is 17.4 Å². The van der Waals surface area contributed by atoms with E-state index >= 15 is 0 Å². The number of hydrogen-bond acceptors (Lipinski definition) is 4. The first-order valence-electron chi connectivity index (χ1n) is 5.15. The summed E-state index contributed by atoms with van der Waals surface area (Å²) in [6, 6.07) is 6.97. The summed E-state index contributed by atoms with van der Waals surface area (Å²) in [6.45, 7) is 0. The standard InChI is InChI=1S/C12H12ClN3O/c13-11-2-1-9(7-16-11)10(17)5-8-3-4-15-12(14)6-8/h1-4,6-7,10,17H,5H2,(H2,14,15). The summed E-state index contributed by atoms with van der Waals surface area (Å²) in [7, 11) is 0. The fourth-order valence-corrected chi connectivity index (χ4v) is 1.66. The molecule has 2 rings (SSSR count). The van der Waals surface area contributed by atoms with E-state index in [4.69, 9.17) is 17.3 Å². The van der Waals surface area contributed by atoms with Crippen molar-refractivity contribution in [3.63, 3.8) is 0 Å². The molecule has 0 aliphatic carbocycles. The monoisotopic (exact) mass is 249 g/mol. The zero-order valence-electron chi connectivity index (χ0n) is 9.05. The molecule has 0 saturated heterocycles. The number of aliphatic hydroxyl groups is 1. The number of aromatic nitrogens is 2. The molecule has 2 aromatic rings. The van der Waals surface area contributed by atoms with E-state index in [1.807, 2.05) is 6.07 Å². The zero-order valence-corrected chi connectivity index (χ0v) is 9.80. The molecule has 1 unspecified atom stereocenters. The van der Waals surface area contributed by atoms with Crippen molar-refractivity contribution in [3.05, 3.63) is 52.9 Å². The maximum Gasteiger partial charge on any atom is 0.129 e. The van der Waals surface area contributed by atoms with Gasteiger partial charge in [0, 0.05) is 18.8 Å². The van der Waals surface area contributed by atoms with Gasteiger partial charge in [0.1, 0.15) is 11.0 Å². The van der Waals surface area contributed by atoms with Gasteiger partial charge in [-0.2, -0.15) is 0 Å². The van der Waals surface area contributed by atoms with Gasteiger partial charge in [0.15, 0.2) is 0 Å². The van der Waals surface area contributed by atoms with Gasteiger partial charge in [0.05, 0.1) is 6.10 Å². The number of nitrogen functional groups attached to an aromatic ring is 1. The molecule has 1 atom stereocenters. The van der Waals surface area contributed by atoms with Crippen LogP contribution >= 0.6 is 11.6 Å². The van der Waals surface area contributed by atoms with Gasteiger partial charge in [-0.15, -0.1) is 0 Å². The summed E-state index contributed by atoms with van der Waals surface area (Å²) in [4.78, 5) is 7.83. The molecule has 0 bridgehead atoms. The van der Waals surface area contributed by atoms with E-state index in [0.717, 1.165) is 11.1 Å². The Balaban J connectivity index is 2.11. The van der Waals surface area contributed by atoms with Crippen LogP contribution in [0.15, 0.2) is 36.7 Å². The normalized spacial score (nSPS) is 12.4. The molecule has 0 spiro atoms. The molecule has 0 aromatic carbocycles. The molecule has 3 N–H and O–H groups in total. The second-order valence-electron chi connectivity index (χ2n) is 3.72. The Kier molecular flexibility index (Phi) is 3.56. The summed E-state index contributed by atoms with van der Waals surface area (Å²) in [5.41, 5.74) is 7.23. The third-order valence-electron chi connectivity index (χ3n) is 2.41. The topological polar surface area (TPSA) is 72.0 Å². The lowest BCUT2D eigenvalue weighted by Gasteiger charge is -2.10. The lowest BCUT2D eigenvalue weighted by Crippen LogP contribution is -2.03. The number of nitrogens with two attached hydrogens (primary N) is 1. The van der Waals surface area contributed by atoms with Crippen LogP contribution in [0.25, 0.3) is 0 Å². The van der Waals surface area contributed by atoms with Crippen molar-refractivity contribution < 1.29 is 5.11 Å². The molecular formula is C12H12ClN3O. The van der Waals surface area contributed by atoms with Gasteiger partial charge >= 0.3 is 0 Å². The highest BCUT2D eigenvalue weighted by Gasteiger charge is 2.09. The van der Waals surface area contributed by atoms with Crippen molar-refractivity contribution in [1.29, 1.82) is 0 Å². The summed E-state index contributed by atoms with van der Waals surface area (Å²) in [5.74, 6) is 0.448. The van der Waals surface area contributed by atoms with Gasteiger partial charge in [0.25, 0.3) is 0 Å². The van der Waals surface area contributed by atoms with Crippen LogP contribution in [-0.4, -0.2) is 15.1 Å². The number of pyridine rings is 2. The minimum absolute atomic E-state index is 0.411. The van der Waals surface area contributed by atoms with Crippen molar-refractivity contribution in [1.82, 2.24) is 9.97 Å². The van der Waals surface area contributed by atoms with Crippen LogP contribution in [0.3, 0.4) is 0 Å². The summed E-state index contributed by atoms with van der Waals surface area (Å²) >= 11 is 5.68. The predicted octanol–water partition coefficient (Wildman–Crippen LogP) is 1.99. The number of anilines is 1. The number of rotatable bonds is 3. The molecule has 2 aromatic heterocycles. The summed E-state index contributed by atoms with van der Waals surface area (Å²) in [5, 5.41) is 10.4. The van der Waals surface area contributed by atoms with E-state index < -0.39 is 6.10 Å². The van der Waals surface area contributed by atoms with Crippen LogP contribution in [0, 0.1) is 0 Å². The minimum atomic E-state index is -0.624. The smallest absolute Gasteiger partial charge is 0.129 e. The second-order valence-corrected chi connectivity index (χ2v) is 4.11. The van der Waals surface area contributed by atoms with Crippen molar-refractivity contribution in [2.75, 3.05) is 5.73 Å². The van der Waals surface area contributed by atoms with Crippen LogP contribution in [-0.2, 0) is 6.42 Å². The van der Waals surface area contributed by atoms with E-state index in [1.165, 1.54) is 0 Å². The highest BCUT2D eigenvalue weighted by molar-refractivity contribution is 6.29. The molecule has 0 aliphatic rings.